The summed E-state index contributed by atoms with van der Waals surface area (Å²) in [5, 5.41) is 9.95. The van der Waals surface area contributed by atoms with Crippen LogP contribution in [0.3, 0.4) is 0 Å². The number of carbonyl (C=O) groups excluding carboxylic acids is 1. The van der Waals surface area contributed by atoms with Gasteiger partial charge in [-0.3, -0.25) is 14.9 Å². The molecule has 0 amide bonds. The third kappa shape index (κ3) is 2.91. The molecule has 0 bridgehead atoms. The van der Waals surface area contributed by atoms with E-state index in [2.05, 4.69) is 15.9 Å². The van der Waals surface area contributed by atoms with E-state index in [0.717, 1.165) is 0 Å². The maximum Gasteiger partial charge on any atom is 0.322 e. The highest BCUT2D eigenvalue weighted by atomic mass is 79.9. The molecule has 1 unspecified atom stereocenters. The summed E-state index contributed by atoms with van der Waals surface area (Å²) in [7, 11) is 0. The van der Waals surface area contributed by atoms with Crippen molar-refractivity contribution in [3.8, 4) is 0 Å². The molecule has 0 aliphatic heterocycles. The molecule has 0 heterocycles. The molecule has 0 spiro atoms. The van der Waals surface area contributed by atoms with E-state index in [0.29, 0.717) is 6.42 Å². The molecule has 0 aliphatic carbocycles. The van der Waals surface area contributed by atoms with E-state index in [4.69, 9.17) is 0 Å². The molecule has 1 atom stereocenters. The van der Waals surface area contributed by atoms with Gasteiger partial charge in [0.05, 0.1) is 0 Å². The van der Waals surface area contributed by atoms with Crippen LogP contribution in [0.1, 0.15) is 19.8 Å². The quantitative estimate of drug-likeness (QED) is 0.304. The van der Waals surface area contributed by atoms with Gasteiger partial charge in [0.2, 0.25) is 5.78 Å². The summed E-state index contributed by atoms with van der Waals surface area (Å²) in [6, 6.07) is 0. The zero-order valence-corrected chi connectivity index (χ0v) is 7.13. The minimum absolute atomic E-state index is 0.261. The van der Waals surface area contributed by atoms with Crippen LogP contribution in [-0.4, -0.2) is 15.7 Å². The zero-order chi connectivity index (χ0) is 8.15. The Bertz CT molecular complexity index is 148. The summed E-state index contributed by atoms with van der Waals surface area (Å²) in [4.78, 5) is 18.8. The first kappa shape index (κ1) is 9.55. The van der Waals surface area contributed by atoms with Crippen molar-refractivity contribution in [1.82, 2.24) is 0 Å². The molecular weight excluding hydrogens is 202 g/mol. The Hall–Kier alpha value is -0.450. The number of hydrogen-bond donors (Lipinski definition) is 0. The topological polar surface area (TPSA) is 60.2 Å². The molecular formula is C5H8BrNO3. The summed E-state index contributed by atoms with van der Waals surface area (Å²) in [5.74, 6) is -0.368. The average Bonchev–Trinajstić information content (AvgIpc) is 1.87. The van der Waals surface area contributed by atoms with Gasteiger partial charge in [-0.05, 0) is 6.42 Å². The molecule has 0 radical (unpaired) electrons. The molecule has 0 saturated heterocycles. The van der Waals surface area contributed by atoms with Gasteiger partial charge < -0.3 is 0 Å². The fourth-order valence-electron chi connectivity index (χ4n) is 0.483. The van der Waals surface area contributed by atoms with Crippen molar-refractivity contribution in [1.29, 1.82) is 0 Å². The van der Waals surface area contributed by atoms with Crippen molar-refractivity contribution in [2.75, 3.05) is 0 Å². The lowest BCUT2D eigenvalue weighted by Gasteiger charge is -1.97. The van der Waals surface area contributed by atoms with Crippen LogP contribution in [-0.2, 0) is 4.79 Å². The lowest BCUT2D eigenvalue weighted by atomic mass is 10.2. The SMILES string of the molecule is CCCC(=O)C(Br)[N+](=O)[O-]. The van der Waals surface area contributed by atoms with E-state index >= 15 is 0 Å². The lowest BCUT2D eigenvalue weighted by Crippen LogP contribution is -2.22. The monoisotopic (exact) mass is 209 g/mol. The standard InChI is InChI=1S/C5H8BrNO3/c1-2-3-4(8)5(6)7(9)10/h5H,2-3H2,1H3. The summed E-state index contributed by atoms with van der Waals surface area (Å²) >= 11 is 2.66. The smallest absolute Gasteiger partial charge is 0.291 e. The number of halogens is 1. The first-order valence-corrected chi connectivity index (χ1v) is 3.81. The molecule has 0 aromatic carbocycles. The Labute approximate surface area is 66.9 Å². The first-order valence-electron chi connectivity index (χ1n) is 2.90. The van der Waals surface area contributed by atoms with Crippen molar-refractivity contribution < 1.29 is 9.72 Å². The number of ketones is 1. The molecule has 0 aromatic rings. The van der Waals surface area contributed by atoms with E-state index in [-0.39, 0.29) is 12.2 Å². The molecule has 0 aliphatic rings. The zero-order valence-electron chi connectivity index (χ0n) is 5.54. The average molecular weight is 210 g/mol. The van der Waals surface area contributed by atoms with Gasteiger partial charge in [-0.25, -0.2) is 0 Å². The van der Waals surface area contributed by atoms with E-state index in [1.54, 1.807) is 6.92 Å². The Morgan fingerprint density at radius 1 is 1.80 bits per heavy atom. The van der Waals surface area contributed by atoms with Gasteiger partial charge in [0.1, 0.15) is 0 Å². The molecule has 10 heavy (non-hydrogen) atoms. The van der Waals surface area contributed by atoms with Crippen molar-refractivity contribution in [2.45, 2.75) is 24.7 Å². The van der Waals surface area contributed by atoms with E-state index in [9.17, 15) is 14.9 Å². The van der Waals surface area contributed by atoms with Crippen LogP contribution in [0.5, 0.6) is 0 Å². The minimum atomic E-state index is -1.22. The number of nitro groups is 1. The van der Waals surface area contributed by atoms with Crippen LogP contribution in [0, 0.1) is 10.1 Å². The van der Waals surface area contributed by atoms with Crippen molar-refractivity contribution >= 4 is 21.7 Å². The Morgan fingerprint density at radius 2 is 2.30 bits per heavy atom. The van der Waals surface area contributed by atoms with Crippen molar-refractivity contribution in [3.63, 3.8) is 0 Å². The number of alkyl halides is 1. The fourth-order valence-corrected chi connectivity index (χ4v) is 0.712. The normalized spacial score (nSPS) is 12.6. The van der Waals surface area contributed by atoms with E-state index in [1.165, 1.54) is 0 Å². The van der Waals surface area contributed by atoms with Gasteiger partial charge in [0.15, 0.2) is 0 Å². The molecule has 0 aromatic heterocycles. The Kier molecular flexibility index (Phi) is 4.18. The van der Waals surface area contributed by atoms with Gasteiger partial charge in [-0.1, -0.05) is 6.92 Å². The van der Waals surface area contributed by atoms with E-state index < -0.39 is 9.87 Å². The second-order valence-electron chi connectivity index (χ2n) is 1.84. The highest BCUT2D eigenvalue weighted by molar-refractivity contribution is 9.09. The molecule has 0 fully saturated rings. The van der Waals surface area contributed by atoms with Gasteiger partial charge >= 0.3 is 4.95 Å². The Morgan fingerprint density at radius 3 is 2.60 bits per heavy atom. The van der Waals surface area contributed by atoms with Crippen molar-refractivity contribution in [2.24, 2.45) is 0 Å². The predicted molar refractivity (Wildman–Crippen MR) is 39.6 cm³/mol. The largest absolute Gasteiger partial charge is 0.322 e. The molecule has 4 nitrogen and oxygen atoms in total. The highest BCUT2D eigenvalue weighted by Gasteiger charge is 2.23. The van der Waals surface area contributed by atoms with Crippen LogP contribution in [0.4, 0.5) is 0 Å². The summed E-state index contributed by atoms with van der Waals surface area (Å²) in [6.45, 7) is 1.80. The second kappa shape index (κ2) is 4.38. The van der Waals surface area contributed by atoms with Crippen LogP contribution >= 0.6 is 15.9 Å². The van der Waals surface area contributed by atoms with Gasteiger partial charge in [-0.2, -0.15) is 0 Å². The summed E-state index contributed by atoms with van der Waals surface area (Å²) in [5.41, 5.74) is 0. The highest BCUT2D eigenvalue weighted by Crippen LogP contribution is 2.05. The van der Waals surface area contributed by atoms with Crippen LogP contribution in [0.25, 0.3) is 0 Å². The predicted octanol–water partition coefficient (Wildman–Crippen LogP) is 1.35. The number of hydrogen-bond acceptors (Lipinski definition) is 3. The first-order chi connectivity index (χ1) is 4.59. The number of Topliss-reactive ketones (excluding diaryl/α,β-unsaturated/α-hetero) is 1. The number of rotatable bonds is 4. The fraction of sp³-hybridized carbons (Fsp3) is 0.800. The maximum absolute atomic E-state index is 10.7. The molecule has 0 saturated carbocycles. The summed E-state index contributed by atoms with van der Waals surface area (Å²) in [6.07, 6.45) is 0.908. The van der Waals surface area contributed by atoms with Crippen LogP contribution < -0.4 is 0 Å². The Balaban J connectivity index is 3.82. The van der Waals surface area contributed by atoms with Crippen molar-refractivity contribution in [3.05, 3.63) is 10.1 Å². The number of carbonyl (C=O) groups is 1. The van der Waals surface area contributed by atoms with Crippen LogP contribution in [0.15, 0.2) is 0 Å². The van der Waals surface area contributed by atoms with Gasteiger partial charge in [0.25, 0.3) is 0 Å². The molecule has 5 heteroatoms. The lowest BCUT2D eigenvalue weighted by molar-refractivity contribution is -0.479. The van der Waals surface area contributed by atoms with Gasteiger partial charge in [-0.15, -0.1) is 0 Å². The van der Waals surface area contributed by atoms with E-state index in [1.807, 2.05) is 0 Å². The van der Waals surface area contributed by atoms with Crippen LogP contribution in [0.2, 0.25) is 0 Å². The molecule has 58 valence electrons. The summed E-state index contributed by atoms with van der Waals surface area (Å²) < 4.78 is 0. The third-order valence-corrected chi connectivity index (χ3v) is 1.79. The third-order valence-electron chi connectivity index (χ3n) is 0.947. The molecule has 0 N–H and O–H groups in total. The number of nitrogens with zero attached hydrogens (tertiary/aromatic N) is 1. The molecule has 0 rings (SSSR count). The maximum atomic E-state index is 10.7. The second-order valence-corrected chi connectivity index (χ2v) is 2.70. The minimum Gasteiger partial charge on any atom is -0.291 e. The van der Waals surface area contributed by atoms with Gasteiger partial charge in [0, 0.05) is 27.3 Å².